The number of methoxy groups -OCH3 is 2. The molecule has 1 aliphatic rings. The average Bonchev–Trinajstić information content (AvgIpc) is 3.42. The number of halogens is 2. The van der Waals surface area contributed by atoms with Gasteiger partial charge in [-0.15, -0.1) is 0 Å². The molecule has 0 radical (unpaired) electrons. The van der Waals surface area contributed by atoms with Gasteiger partial charge in [-0.1, -0.05) is 41.4 Å². The Morgan fingerprint density at radius 1 is 1.03 bits per heavy atom. The van der Waals surface area contributed by atoms with Gasteiger partial charge in [0.25, 0.3) is 0 Å². The predicted octanol–water partition coefficient (Wildman–Crippen LogP) is 4.08. The number of ether oxygens (including phenoxy) is 2. The van der Waals surface area contributed by atoms with Gasteiger partial charge in [-0.2, -0.15) is 12.7 Å². The zero-order chi connectivity index (χ0) is 28.4. The van der Waals surface area contributed by atoms with Gasteiger partial charge in [-0.3, -0.25) is 9.52 Å². The molecule has 1 heterocycles. The van der Waals surface area contributed by atoms with E-state index >= 15 is 0 Å². The number of likely N-dealkylation sites (N-methyl/N-ethyl adjacent to an activating group) is 1. The molecule has 0 aromatic heterocycles. The quantitative estimate of drug-likeness (QED) is 0.331. The van der Waals surface area contributed by atoms with Crippen LogP contribution in [-0.2, 0) is 30.9 Å². The Labute approximate surface area is 242 Å². The van der Waals surface area contributed by atoms with Crippen LogP contribution < -0.4 is 4.72 Å². The molecule has 0 bridgehead atoms. The van der Waals surface area contributed by atoms with Gasteiger partial charge in [0.15, 0.2) is 0 Å². The van der Waals surface area contributed by atoms with Crippen LogP contribution in [0.3, 0.4) is 0 Å². The summed E-state index contributed by atoms with van der Waals surface area (Å²) < 4.78 is 40.5. The number of nitrogens with zero attached hydrogens (tertiary/aromatic N) is 3. The SMILES string of the molecule is COCCN(CCOC)S(=O)(=O)Nc1cccc(C(CN2CCCC2)N(C)C(=O)Cc2ccc(Cl)c(Cl)c2)c1. The van der Waals surface area contributed by atoms with Gasteiger partial charge in [0.2, 0.25) is 5.91 Å². The predicted molar refractivity (Wildman–Crippen MR) is 156 cm³/mol. The zero-order valence-corrected chi connectivity index (χ0v) is 25.1. The van der Waals surface area contributed by atoms with Crippen molar-refractivity contribution in [3.8, 4) is 0 Å². The molecule has 0 saturated carbocycles. The molecule has 1 fully saturated rings. The van der Waals surface area contributed by atoms with Crippen molar-refractivity contribution >= 4 is 45.0 Å². The third-order valence-electron chi connectivity index (χ3n) is 6.78. The zero-order valence-electron chi connectivity index (χ0n) is 22.7. The van der Waals surface area contributed by atoms with Crippen molar-refractivity contribution in [2.45, 2.75) is 25.3 Å². The molecule has 1 N–H and O–H groups in total. The Hall–Kier alpha value is -1.92. The summed E-state index contributed by atoms with van der Waals surface area (Å²) in [4.78, 5) is 17.5. The summed E-state index contributed by atoms with van der Waals surface area (Å²) in [6, 6.07) is 12.1. The Kier molecular flexibility index (Phi) is 12.3. The molecule has 216 valence electrons. The van der Waals surface area contributed by atoms with Crippen molar-refractivity contribution < 1.29 is 22.7 Å². The molecular formula is C27H38Cl2N4O5S. The standard InChI is InChI=1S/C27H38Cl2N4O5S/c1-31(27(34)18-21-9-10-24(28)25(29)17-21)26(20-32-11-4-5-12-32)22-7-6-8-23(19-22)30-39(35,36)33(13-15-37-2)14-16-38-3/h6-10,17,19,26,30H,4-5,11-16,18,20H2,1-3H3. The Bertz CT molecular complexity index is 1190. The summed E-state index contributed by atoms with van der Waals surface area (Å²) in [5.41, 5.74) is 2.03. The van der Waals surface area contributed by atoms with Crippen LogP contribution in [0.2, 0.25) is 10.0 Å². The highest BCUT2D eigenvalue weighted by atomic mass is 35.5. The van der Waals surface area contributed by atoms with Gasteiger partial charge in [-0.25, -0.2) is 0 Å². The molecule has 12 heteroatoms. The van der Waals surface area contributed by atoms with E-state index < -0.39 is 10.2 Å². The molecule has 1 aliphatic heterocycles. The number of carbonyl (C=O) groups is 1. The van der Waals surface area contributed by atoms with Crippen LogP contribution in [0.25, 0.3) is 0 Å². The van der Waals surface area contributed by atoms with Gasteiger partial charge < -0.3 is 19.3 Å². The largest absolute Gasteiger partial charge is 0.383 e. The molecule has 2 aromatic rings. The minimum atomic E-state index is -3.86. The van der Waals surface area contributed by atoms with Crippen molar-refractivity contribution in [1.29, 1.82) is 0 Å². The molecule has 1 unspecified atom stereocenters. The van der Waals surface area contributed by atoms with Crippen molar-refractivity contribution in [1.82, 2.24) is 14.1 Å². The number of hydrogen-bond donors (Lipinski definition) is 1. The van der Waals surface area contributed by atoms with Crippen molar-refractivity contribution in [3.05, 3.63) is 63.6 Å². The van der Waals surface area contributed by atoms with Gasteiger partial charge in [0.05, 0.1) is 41.4 Å². The highest BCUT2D eigenvalue weighted by Gasteiger charge is 2.27. The van der Waals surface area contributed by atoms with E-state index in [1.165, 1.54) is 18.5 Å². The van der Waals surface area contributed by atoms with E-state index in [0.29, 0.717) is 22.3 Å². The van der Waals surface area contributed by atoms with Crippen LogP contribution in [0.5, 0.6) is 0 Å². The van der Waals surface area contributed by atoms with Gasteiger partial charge in [0, 0.05) is 40.9 Å². The molecular weight excluding hydrogens is 563 g/mol. The second kappa shape index (κ2) is 15.2. The average molecular weight is 602 g/mol. The maximum Gasteiger partial charge on any atom is 0.301 e. The number of anilines is 1. The lowest BCUT2D eigenvalue weighted by molar-refractivity contribution is -0.131. The molecule has 3 rings (SSSR count). The topological polar surface area (TPSA) is 91.4 Å². The normalized spacial score (nSPS) is 15.0. The molecule has 9 nitrogen and oxygen atoms in total. The summed E-state index contributed by atoms with van der Waals surface area (Å²) in [6.45, 7) is 3.48. The first-order chi connectivity index (χ1) is 18.6. The van der Waals surface area contributed by atoms with Gasteiger partial charge in [0.1, 0.15) is 0 Å². The first-order valence-electron chi connectivity index (χ1n) is 12.9. The van der Waals surface area contributed by atoms with Crippen LogP contribution in [-0.4, -0.2) is 95.6 Å². The van der Waals surface area contributed by atoms with Gasteiger partial charge >= 0.3 is 10.2 Å². The molecule has 0 aliphatic carbocycles. The molecule has 2 aromatic carbocycles. The lowest BCUT2D eigenvalue weighted by Crippen LogP contribution is -2.40. The van der Waals surface area contributed by atoms with Crippen LogP contribution in [0, 0.1) is 0 Å². The van der Waals surface area contributed by atoms with E-state index in [9.17, 15) is 13.2 Å². The third-order valence-corrected chi connectivity index (χ3v) is 9.06. The highest BCUT2D eigenvalue weighted by Crippen LogP contribution is 2.28. The Morgan fingerprint density at radius 2 is 1.69 bits per heavy atom. The van der Waals surface area contributed by atoms with Crippen LogP contribution in [0.15, 0.2) is 42.5 Å². The van der Waals surface area contributed by atoms with Crippen molar-refractivity contribution in [2.24, 2.45) is 0 Å². The fraction of sp³-hybridized carbons (Fsp3) is 0.519. The molecule has 0 spiro atoms. The van der Waals surface area contributed by atoms with E-state index in [4.69, 9.17) is 32.7 Å². The Morgan fingerprint density at radius 3 is 2.31 bits per heavy atom. The van der Waals surface area contributed by atoms with E-state index in [-0.39, 0.29) is 44.7 Å². The van der Waals surface area contributed by atoms with Crippen molar-refractivity contribution in [3.63, 3.8) is 0 Å². The lowest BCUT2D eigenvalue weighted by atomic mass is 10.0. The number of carbonyl (C=O) groups excluding carboxylic acids is 1. The summed E-state index contributed by atoms with van der Waals surface area (Å²) in [5.74, 6) is -0.0751. The molecule has 1 atom stereocenters. The number of rotatable bonds is 15. The molecule has 1 amide bonds. The second-order valence-electron chi connectivity index (χ2n) is 9.57. The van der Waals surface area contributed by atoms with E-state index in [1.807, 2.05) is 6.07 Å². The number of amides is 1. The summed E-state index contributed by atoms with van der Waals surface area (Å²) in [6.07, 6.45) is 2.41. The monoisotopic (exact) mass is 600 g/mol. The first-order valence-corrected chi connectivity index (χ1v) is 15.1. The number of likely N-dealkylation sites (tertiary alicyclic amines) is 1. The van der Waals surface area contributed by atoms with Crippen LogP contribution >= 0.6 is 23.2 Å². The fourth-order valence-corrected chi connectivity index (χ4v) is 6.05. The third kappa shape index (κ3) is 9.31. The molecule has 1 saturated heterocycles. The summed E-state index contributed by atoms with van der Waals surface area (Å²) in [7, 11) is 0.977. The lowest BCUT2D eigenvalue weighted by Gasteiger charge is -2.32. The molecule has 39 heavy (non-hydrogen) atoms. The summed E-state index contributed by atoms with van der Waals surface area (Å²) >= 11 is 12.2. The van der Waals surface area contributed by atoms with Crippen molar-refractivity contribution in [2.75, 3.05) is 71.9 Å². The van der Waals surface area contributed by atoms with Gasteiger partial charge in [-0.05, 0) is 61.3 Å². The van der Waals surface area contributed by atoms with Crippen LogP contribution in [0.4, 0.5) is 5.69 Å². The maximum absolute atomic E-state index is 13.4. The minimum Gasteiger partial charge on any atom is -0.383 e. The minimum absolute atomic E-state index is 0.0751. The van der Waals surface area contributed by atoms with Crippen LogP contribution in [0.1, 0.15) is 30.0 Å². The summed E-state index contributed by atoms with van der Waals surface area (Å²) in [5, 5.41) is 0.846. The number of benzene rings is 2. The highest BCUT2D eigenvalue weighted by molar-refractivity contribution is 7.90. The second-order valence-corrected chi connectivity index (χ2v) is 12.1. The van der Waals surface area contributed by atoms with E-state index in [0.717, 1.165) is 37.1 Å². The maximum atomic E-state index is 13.4. The van der Waals surface area contributed by atoms with E-state index in [1.54, 1.807) is 48.3 Å². The smallest absolute Gasteiger partial charge is 0.301 e. The number of hydrogen-bond acceptors (Lipinski definition) is 6. The van der Waals surface area contributed by atoms with E-state index in [2.05, 4.69) is 9.62 Å². The fourth-order valence-electron chi connectivity index (χ4n) is 4.55. The Balaban J connectivity index is 1.83. The number of nitrogens with one attached hydrogen (secondary N) is 1. The first kappa shape index (κ1) is 31.6.